The summed E-state index contributed by atoms with van der Waals surface area (Å²) in [6.07, 6.45) is -0.333. The molecule has 2 heterocycles. The van der Waals surface area contributed by atoms with E-state index in [1.807, 2.05) is 24.3 Å². The van der Waals surface area contributed by atoms with Crippen LogP contribution in [0.1, 0.15) is 23.7 Å². The molecule has 2 aliphatic rings. The molecule has 0 aliphatic carbocycles. The smallest absolute Gasteiger partial charge is 0.193 e. The van der Waals surface area contributed by atoms with Gasteiger partial charge in [-0.3, -0.25) is 0 Å². The lowest BCUT2D eigenvalue weighted by Crippen LogP contribution is -1.82. The van der Waals surface area contributed by atoms with Gasteiger partial charge in [0.25, 0.3) is 0 Å². The molecule has 0 unspecified atom stereocenters. The van der Waals surface area contributed by atoms with Crippen LogP contribution in [-0.4, -0.2) is 0 Å². The average molecular weight is 166 g/mol. The van der Waals surface area contributed by atoms with Crippen molar-refractivity contribution in [1.29, 1.82) is 0 Å². The maximum atomic E-state index is 4.65. The highest BCUT2D eigenvalue weighted by Crippen LogP contribution is 2.35. The fourth-order valence-corrected chi connectivity index (χ4v) is 1.09. The molecule has 4 heteroatoms. The Kier molecular flexibility index (Phi) is 1.24. The molecule has 0 N–H and O–H groups in total. The molecule has 2 fully saturated rings. The van der Waals surface area contributed by atoms with Gasteiger partial charge in [-0.05, 0) is 0 Å². The van der Waals surface area contributed by atoms with Crippen molar-refractivity contribution in [2.45, 2.75) is 12.6 Å². The highest BCUT2D eigenvalue weighted by Gasteiger charge is 2.31. The molecule has 0 saturated carbocycles. The fraction of sp³-hybridized carbons (Fsp3) is 0.250. The molecule has 2 aliphatic heterocycles. The van der Waals surface area contributed by atoms with Crippen molar-refractivity contribution in [2.75, 3.05) is 0 Å². The van der Waals surface area contributed by atoms with E-state index in [0.29, 0.717) is 0 Å². The first-order valence-electron chi connectivity index (χ1n) is 3.67. The second kappa shape index (κ2) is 2.27. The first-order chi connectivity index (χ1) is 5.93. The van der Waals surface area contributed by atoms with E-state index in [0.717, 1.165) is 11.1 Å². The van der Waals surface area contributed by atoms with Crippen molar-refractivity contribution in [2.24, 2.45) is 0 Å². The minimum absolute atomic E-state index is 0.167. The summed E-state index contributed by atoms with van der Waals surface area (Å²) in [6.45, 7) is 0. The summed E-state index contributed by atoms with van der Waals surface area (Å²) >= 11 is 0. The molecule has 1 aromatic carbocycles. The molecule has 0 amide bonds. The quantitative estimate of drug-likeness (QED) is 0.494. The summed E-state index contributed by atoms with van der Waals surface area (Å²) in [5.41, 5.74) is 2.03. The van der Waals surface area contributed by atoms with E-state index in [9.17, 15) is 0 Å². The van der Waals surface area contributed by atoms with Crippen LogP contribution < -0.4 is 0 Å². The van der Waals surface area contributed by atoms with Crippen LogP contribution >= 0.6 is 0 Å². The summed E-state index contributed by atoms with van der Waals surface area (Å²) in [7, 11) is 0. The highest BCUT2D eigenvalue weighted by atomic mass is 17.4. The minimum atomic E-state index is -0.167. The minimum Gasteiger partial charge on any atom is -0.193 e. The van der Waals surface area contributed by atoms with Crippen LogP contribution in [0.15, 0.2) is 24.3 Å². The largest absolute Gasteiger partial charge is 0.249 e. The summed E-state index contributed by atoms with van der Waals surface area (Å²) in [6, 6.07) is 7.71. The Morgan fingerprint density at radius 2 is 1.00 bits per heavy atom. The van der Waals surface area contributed by atoms with Gasteiger partial charge in [0.15, 0.2) is 0 Å². The molecule has 0 atom stereocenters. The molecule has 62 valence electrons. The van der Waals surface area contributed by atoms with Crippen LogP contribution in [0.5, 0.6) is 0 Å². The van der Waals surface area contributed by atoms with E-state index in [1.165, 1.54) is 0 Å². The average Bonchev–Trinajstić information content (AvgIpc) is 2.98. The second-order valence-electron chi connectivity index (χ2n) is 2.72. The molecule has 4 nitrogen and oxygen atoms in total. The zero-order valence-electron chi connectivity index (χ0n) is 6.10. The van der Waals surface area contributed by atoms with Crippen molar-refractivity contribution in [3.8, 4) is 0 Å². The standard InChI is InChI=1S/C8H6O4/c1-2-6(8-11-12-8)4-3-5(1)7-9-10-7/h1-4,7-8H. The molecule has 0 aromatic heterocycles. The summed E-state index contributed by atoms with van der Waals surface area (Å²) in [4.78, 5) is 18.6. The zero-order chi connectivity index (χ0) is 7.97. The van der Waals surface area contributed by atoms with Gasteiger partial charge in [0.05, 0.1) is 0 Å². The molecule has 3 rings (SSSR count). The van der Waals surface area contributed by atoms with E-state index >= 15 is 0 Å². The molecule has 1 aromatic rings. The second-order valence-corrected chi connectivity index (χ2v) is 2.72. The van der Waals surface area contributed by atoms with Crippen molar-refractivity contribution < 1.29 is 19.6 Å². The van der Waals surface area contributed by atoms with Gasteiger partial charge in [-0.2, -0.15) is 19.6 Å². The predicted molar refractivity (Wildman–Crippen MR) is 36.3 cm³/mol. The molecule has 2 saturated heterocycles. The third-order valence-electron chi connectivity index (χ3n) is 1.87. The van der Waals surface area contributed by atoms with E-state index in [4.69, 9.17) is 0 Å². The van der Waals surface area contributed by atoms with Gasteiger partial charge in [-0.1, -0.05) is 24.3 Å². The Labute approximate surface area is 68.5 Å². The van der Waals surface area contributed by atoms with Crippen LogP contribution in [0.3, 0.4) is 0 Å². The maximum absolute atomic E-state index is 4.65. The highest BCUT2D eigenvalue weighted by molar-refractivity contribution is 5.25. The third kappa shape index (κ3) is 1.11. The van der Waals surface area contributed by atoms with Gasteiger partial charge < -0.3 is 0 Å². The number of rotatable bonds is 2. The molecule has 0 bridgehead atoms. The maximum Gasteiger partial charge on any atom is 0.249 e. The van der Waals surface area contributed by atoms with Crippen LogP contribution in [0, 0.1) is 0 Å². The molecular weight excluding hydrogens is 160 g/mol. The molecular formula is C8H6O4. The van der Waals surface area contributed by atoms with Crippen molar-refractivity contribution in [1.82, 2.24) is 0 Å². The van der Waals surface area contributed by atoms with Gasteiger partial charge in [0.2, 0.25) is 12.6 Å². The normalized spacial score (nSPS) is 22.7. The fourth-order valence-electron chi connectivity index (χ4n) is 1.09. The summed E-state index contributed by atoms with van der Waals surface area (Å²) in [5, 5.41) is 0. The predicted octanol–water partition coefficient (Wildman–Crippen LogP) is 1.61. The Hall–Kier alpha value is -0.940. The lowest BCUT2D eigenvalue weighted by atomic mass is 10.1. The van der Waals surface area contributed by atoms with Crippen molar-refractivity contribution >= 4 is 0 Å². The van der Waals surface area contributed by atoms with Gasteiger partial charge >= 0.3 is 0 Å². The van der Waals surface area contributed by atoms with Gasteiger partial charge in [-0.25, -0.2) is 0 Å². The van der Waals surface area contributed by atoms with Gasteiger partial charge in [0.1, 0.15) is 0 Å². The molecule has 0 spiro atoms. The van der Waals surface area contributed by atoms with Crippen LogP contribution in [0.4, 0.5) is 0 Å². The first kappa shape index (κ1) is 6.56. The van der Waals surface area contributed by atoms with Crippen LogP contribution in [0.25, 0.3) is 0 Å². The molecule has 0 radical (unpaired) electrons. The SMILES string of the molecule is c1cc(C2OO2)ccc1C1OO1. The monoisotopic (exact) mass is 166 g/mol. The van der Waals surface area contributed by atoms with Crippen LogP contribution in [0.2, 0.25) is 0 Å². The number of hydrogen-bond acceptors (Lipinski definition) is 4. The topological polar surface area (TPSA) is 50.1 Å². The Bertz CT molecular complexity index is 255. The van der Waals surface area contributed by atoms with E-state index < -0.39 is 0 Å². The van der Waals surface area contributed by atoms with Crippen molar-refractivity contribution in [3.05, 3.63) is 35.4 Å². The number of hydrogen-bond donors (Lipinski definition) is 0. The lowest BCUT2D eigenvalue weighted by molar-refractivity contribution is 0.0850. The third-order valence-corrected chi connectivity index (χ3v) is 1.87. The Morgan fingerprint density at radius 1 is 0.667 bits per heavy atom. The van der Waals surface area contributed by atoms with E-state index in [-0.39, 0.29) is 12.6 Å². The summed E-state index contributed by atoms with van der Waals surface area (Å²) < 4.78 is 0. The Morgan fingerprint density at radius 3 is 1.25 bits per heavy atom. The summed E-state index contributed by atoms with van der Waals surface area (Å²) in [5.74, 6) is 0. The van der Waals surface area contributed by atoms with Crippen LogP contribution in [-0.2, 0) is 19.6 Å². The Balaban J connectivity index is 1.86. The van der Waals surface area contributed by atoms with E-state index in [1.54, 1.807) is 0 Å². The molecule has 12 heavy (non-hydrogen) atoms. The van der Waals surface area contributed by atoms with E-state index in [2.05, 4.69) is 19.6 Å². The van der Waals surface area contributed by atoms with Crippen molar-refractivity contribution in [3.63, 3.8) is 0 Å². The zero-order valence-corrected chi connectivity index (χ0v) is 6.10. The lowest BCUT2D eigenvalue weighted by Gasteiger charge is -1.93. The first-order valence-corrected chi connectivity index (χ1v) is 3.67. The number of benzene rings is 1. The van der Waals surface area contributed by atoms with Gasteiger partial charge in [-0.15, -0.1) is 0 Å². The van der Waals surface area contributed by atoms with Gasteiger partial charge in [0, 0.05) is 11.1 Å².